The second-order valence-electron chi connectivity index (χ2n) is 21.2. The number of methoxy groups -OCH3 is 2. The van der Waals surface area contributed by atoms with E-state index < -0.39 is 39.7 Å². The summed E-state index contributed by atoms with van der Waals surface area (Å²) in [6.45, 7) is -0.676. The molecule has 13 heteroatoms. The monoisotopic (exact) mass is 898 g/mol. The van der Waals surface area contributed by atoms with E-state index in [9.17, 15) is 9.59 Å². The Kier molecular flexibility index (Phi) is 4.68. The summed E-state index contributed by atoms with van der Waals surface area (Å²) in [5, 5.41) is 0. The molecule has 4 aromatic carbocycles. The average molecular weight is 899 g/mol. The number of fused-ring (bicyclic) bond motifs is 10. The molecule has 10 aliphatic heterocycles. The van der Waals surface area contributed by atoms with Crippen molar-refractivity contribution in [2.24, 2.45) is 0 Å². The van der Waals surface area contributed by atoms with E-state index in [0.717, 1.165) is 25.7 Å². The zero-order chi connectivity index (χ0) is 43.2. The molecule has 4 aromatic rings. The van der Waals surface area contributed by atoms with Gasteiger partial charge in [-0.2, -0.15) is 0 Å². The average Bonchev–Trinajstić information content (AvgIpc) is 4.25. The summed E-state index contributed by atoms with van der Waals surface area (Å²) >= 11 is 0. The Morgan fingerprint density at radius 1 is 0.524 bits per heavy atom. The molecule has 10 aliphatic rings. The van der Waals surface area contributed by atoms with Gasteiger partial charge < -0.3 is 9.47 Å². The van der Waals surface area contributed by atoms with Crippen LogP contribution < -0.4 is 28.4 Å². The molecule has 0 N–H and O–H groups in total. The summed E-state index contributed by atoms with van der Waals surface area (Å²) in [5.41, 5.74) is 0.615. The Balaban J connectivity index is 0.698. The molecule has 0 bridgehead atoms. The van der Waals surface area contributed by atoms with Gasteiger partial charge in [-0.3, -0.25) is 0 Å². The van der Waals surface area contributed by atoms with Crippen LogP contribution >= 0.6 is 0 Å². The van der Waals surface area contributed by atoms with Gasteiger partial charge in [0.25, 0.3) is 0 Å². The van der Waals surface area contributed by atoms with Gasteiger partial charge in [0.2, 0.25) is 0 Å². The summed E-state index contributed by atoms with van der Waals surface area (Å²) in [7, 11) is 3.14. The van der Waals surface area contributed by atoms with Crippen LogP contribution in [0.1, 0.15) is 73.1 Å². The number of hydrogen-bond donors (Lipinski definition) is 0. The van der Waals surface area contributed by atoms with Gasteiger partial charge >= 0.3 is 297 Å². The second kappa shape index (κ2) is 7.99. The Bertz CT molecular complexity index is 2870. The van der Waals surface area contributed by atoms with E-state index in [1.54, 1.807) is 111 Å². The van der Waals surface area contributed by atoms with Gasteiger partial charge in [0.1, 0.15) is 11.5 Å². The van der Waals surface area contributed by atoms with Gasteiger partial charge in [0.05, 0.1) is 14.2 Å². The van der Waals surface area contributed by atoms with Gasteiger partial charge in [-0.1, -0.05) is 0 Å². The molecule has 10 heterocycles. The van der Waals surface area contributed by atoms with Crippen LogP contribution in [-0.4, -0.2) is 50.7 Å². The van der Waals surface area contributed by atoms with Crippen molar-refractivity contribution >= 4 is 23.9 Å². The van der Waals surface area contributed by atoms with Crippen molar-refractivity contribution in [2.45, 2.75) is 112 Å². The molecule has 0 saturated carbocycles. The Morgan fingerprint density at radius 2 is 0.889 bits per heavy atom. The van der Waals surface area contributed by atoms with Gasteiger partial charge in [0.15, 0.2) is 0 Å². The van der Waals surface area contributed by atoms with Crippen LogP contribution in [-0.2, 0) is 25.6 Å². The van der Waals surface area contributed by atoms with Crippen LogP contribution in [0.4, 0.5) is 0 Å². The molecule has 330 valence electrons. The summed E-state index contributed by atoms with van der Waals surface area (Å²) in [5.74, 6) is 1.57. The predicted molar refractivity (Wildman–Crippen MR) is 224 cm³/mol. The first-order valence-electron chi connectivity index (χ1n) is 22.3. The minimum atomic E-state index is -4.84. The van der Waals surface area contributed by atoms with Crippen molar-refractivity contribution in [1.29, 1.82) is 0 Å². The standard InChI is InChI=1S/2C25H25O6.Fe/c2*1-3-4-12-23(31-24(26)18-8-5-6-9-18)29-22-11-7-10-19(17-22)25(27)30-21-15-13-20(28-2)14-16-21;/h2*5-11,13-17,23H,3-4,12H2,1-2H3;. The van der Waals surface area contributed by atoms with Gasteiger partial charge in [0, 0.05) is 0 Å². The number of rotatable bonds is 20. The summed E-state index contributed by atoms with van der Waals surface area (Å²) in [6, 6.07) is 27.1. The van der Waals surface area contributed by atoms with Crippen molar-refractivity contribution in [3.63, 3.8) is 0 Å². The van der Waals surface area contributed by atoms with Gasteiger partial charge in [-0.15, -0.1) is 0 Å². The first-order valence-corrected chi connectivity index (χ1v) is 28.5. The SMILES string of the molecule is CCCCC(OC(=O)[C]12[CH]3[CH]4[CH]5[CH]1[Fe]45321678[CH]2[CH]1[CH]6[C]7(C(=O)OC(CCCC)Oc1cccc(C(=O)Oc3ccc(OC)cc3)c1)[CH]28)Oc1cccc(C(=O)Oc2ccc(OC)cc2)c1. The van der Waals surface area contributed by atoms with E-state index in [1.165, 1.54) is 0 Å². The third-order valence-corrected chi connectivity index (χ3v) is 65.3. The predicted octanol–water partition coefficient (Wildman–Crippen LogP) is 10.8. The van der Waals surface area contributed by atoms with Crippen LogP contribution in [0.3, 0.4) is 0 Å². The van der Waals surface area contributed by atoms with E-state index in [-0.39, 0.29) is 11.9 Å². The Labute approximate surface area is 355 Å². The molecule has 10 atom stereocenters. The van der Waals surface area contributed by atoms with Crippen LogP contribution in [0, 0.1) is 0 Å². The topological polar surface area (TPSA) is 142 Å². The fourth-order valence-electron chi connectivity index (χ4n) is 22.4. The molecule has 10 saturated heterocycles. The molecule has 63 heavy (non-hydrogen) atoms. The number of benzene rings is 4. The van der Waals surface area contributed by atoms with E-state index in [2.05, 4.69) is 13.8 Å². The fraction of sp³-hybridized carbons (Fsp3) is 0.440. The van der Waals surface area contributed by atoms with Crippen molar-refractivity contribution < 1.29 is 63.6 Å². The molecule has 1 spiro atoms. The van der Waals surface area contributed by atoms with Crippen LogP contribution in [0.5, 0.6) is 34.5 Å². The van der Waals surface area contributed by atoms with Crippen molar-refractivity contribution in [3.05, 3.63) is 108 Å². The number of unbranched alkanes of at least 4 members (excludes halogenated alkanes) is 2. The number of hydrogen-bond acceptors (Lipinski definition) is 12. The van der Waals surface area contributed by atoms with Crippen LogP contribution in [0.25, 0.3) is 0 Å². The van der Waals surface area contributed by atoms with E-state index in [1.807, 2.05) is 0 Å². The fourth-order valence-corrected chi connectivity index (χ4v) is 97.3. The molecule has 0 aliphatic carbocycles. The molecular weight excluding hydrogens is 848 g/mol. The minimum absolute atomic E-state index is 0.130. The summed E-state index contributed by atoms with van der Waals surface area (Å²) < 4.78 is 46.6. The molecule has 12 nitrogen and oxygen atoms in total. The maximum absolute atomic E-state index is 15.0. The molecule has 0 amide bonds. The zero-order valence-electron chi connectivity index (χ0n) is 35.5. The Morgan fingerprint density at radius 3 is 1.22 bits per heavy atom. The van der Waals surface area contributed by atoms with Crippen molar-refractivity contribution in [1.82, 2.24) is 0 Å². The van der Waals surface area contributed by atoms with Crippen molar-refractivity contribution in [3.8, 4) is 34.5 Å². The van der Waals surface area contributed by atoms with Crippen LogP contribution in [0.15, 0.2) is 97.1 Å². The maximum atomic E-state index is 15.0. The van der Waals surface area contributed by atoms with E-state index in [4.69, 9.17) is 37.9 Å². The molecule has 14 rings (SSSR count). The number of carbonyl (C=O) groups is 4. The molecule has 0 radical (unpaired) electrons. The first kappa shape index (κ1) is 36.9. The molecular formula is C50H50FeO12. The Hall–Kier alpha value is -5.52. The van der Waals surface area contributed by atoms with Crippen molar-refractivity contribution in [2.75, 3.05) is 14.2 Å². The number of carbonyl (C=O) groups excluding carboxylic acids is 4. The molecule has 10 fully saturated rings. The van der Waals surface area contributed by atoms with Gasteiger partial charge in [-0.05, 0) is 24.3 Å². The summed E-state index contributed by atoms with van der Waals surface area (Å²) in [4.78, 5) is 60.1. The quantitative estimate of drug-likeness (QED) is 0.0361. The normalized spacial score (nSPS) is 42.2. The van der Waals surface area contributed by atoms with Crippen LogP contribution in [0.2, 0.25) is 47.2 Å². The zero-order valence-corrected chi connectivity index (χ0v) is 36.6. The van der Waals surface area contributed by atoms with Gasteiger partial charge in [-0.25, -0.2) is 0 Å². The number of ether oxygens (including phenoxy) is 8. The van der Waals surface area contributed by atoms with E-state index >= 15 is 9.59 Å². The number of esters is 4. The molecule has 10 unspecified atom stereocenters. The first-order chi connectivity index (χ1) is 30.4. The summed E-state index contributed by atoms with van der Waals surface area (Å²) in [6.07, 6.45) is 2.72. The second-order valence-corrected chi connectivity index (χ2v) is 44.4. The van der Waals surface area contributed by atoms with E-state index in [0.29, 0.717) is 97.0 Å². The molecule has 0 aromatic heterocycles. The third-order valence-electron chi connectivity index (χ3n) is 22.7. The third kappa shape index (κ3) is 1.67.